The van der Waals surface area contributed by atoms with Crippen LogP contribution >= 0.6 is 0 Å². The molecule has 0 saturated heterocycles. The van der Waals surface area contributed by atoms with Crippen LogP contribution in [0.15, 0.2) is 24.3 Å². The van der Waals surface area contributed by atoms with E-state index in [1.54, 1.807) is 0 Å². The molecular weight excluding hydrogens is 212 g/mol. The number of ketones is 1. The fraction of sp³-hybridized carbons (Fsp3) is 0.533. The van der Waals surface area contributed by atoms with Crippen molar-refractivity contribution in [1.82, 2.24) is 0 Å². The van der Waals surface area contributed by atoms with Crippen molar-refractivity contribution in [1.29, 1.82) is 0 Å². The van der Waals surface area contributed by atoms with Gasteiger partial charge >= 0.3 is 0 Å². The van der Waals surface area contributed by atoms with Crippen molar-refractivity contribution in [3.05, 3.63) is 35.4 Å². The molecule has 1 saturated carbocycles. The molecule has 1 aliphatic heterocycles. The molecule has 0 aromatic heterocycles. The maximum absolute atomic E-state index is 12.1. The first-order valence-electron chi connectivity index (χ1n) is 6.42. The first-order valence-corrected chi connectivity index (χ1v) is 6.42. The molecule has 17 heavy (non-hydrogen) atoms. The second kappa shape index (κ2) is 3.95. The molecule has 1 atom stereocenters. The molecule has 1 fully saturated rings. The van der Waals surface area contributed by atoms with Crippen LogP contribution in [-0.2, 0) is 16.0 Å². The zero-order valence-electron chi connectivity index (χ0n) is 10.2. The number of carbonyl (C=O) groups is 1. The van der Waals surface area contributed by atoms with Gasteiger partial charge < -0.3 is 4.74 Å². The molecule has 1 unspecified atom stereocenters. The van der Waals surface area contributed by atoms with Crippen LogP contribution in [0.5, 0.6) is 0 Å². The zero-order valence-corrected chi connectivity index (χ0v) is 10.2. The summed E-state index contributed by atoms with van der Waals surface area (Å²) in [6.07, 6.45) is 3.62. The lowest BCUT2D eigenvalue weighted by Crippen LogP contribution is -2.22. The lowest BCUT2D eigenvalue weighted by molar-refractivity contribution is -0.126. The maximum atomic E-state index is 12.1. The minimum atomic E-state index is -0.0320. The molecule has 2 heteroatoms. The molecular formula is C15H18O2. The molecule has 90 valence electrons. The van der Waals surface area contributed by atoms with Gasteiger partial charge in [0.2, 0.25) is 0 Å². The predicted molar refractivity (Wildman–Crippen MR) is 65.8 cm³/mol. The fourth-order valence-electron chi connectivity index (χ4n) is 2.53. The van der Waals surface area contributed by atoms with E-state index in [0.29, 0.717) is 12.2 Å². The summed E-state index contributed by atoms with van der Waals surface area (Å²) in [5.74, 6) is 0.374. The fourth-order valence-corrected chi connectivity index (χ4v) is 2.53. The highest BCUT2D eigenvalue weighted by molar-refractivity contribution is 5.87. The van der Waals surface area contributed by atoms with Crippen molar-refractivity contribution >= 4 is 5.78 Å². The number of fused-ring (bicyclic) bond motifs is 1. The zero-order chi connectivity index (χ0) is 11.9. The minimum Gasteiger partial charge on any atom is -0.373 e. The van der Waals surface area contributed by atoms with Gasteiger partial charge in [0.15, 0.2) is 0 Å². The third-order valence-electron chi connectivity index (χ3n) is 4.14. The van der Waals surface area contributed by atoms with E-state index in [2.05, 4.69) is 25.1 Å². The van der Waals surface area contributed by atoms with Gasteiger partial charge in [0.1, 0.15) is 5.78 Å². The molecule has 1 aliphatic carbocycles. The van der Waals surface area contributed by atoms with E-state index >= 15 is 0 Å². The van der Waals surface area contributed by atoms with Crippen LogP contribution in [0.2, 0.25) is 0 Å². The molecule has 2 nitrogen and oxygen atoms in total. The molecule has 1 aromatic carbocycles. The van der Waals surface area contributed by atoms with Crippen LogP contribution < -0.4 is 0 Å². The Labute approximate surface area is 102 Å². The summed E-state index contributed by atoms with van der Waals surface area (Å²) in [5.41, 5.74) is 2.53. The third kappa shape index (κ3) is 2.02. The van der Waals surface area contributed by atoms with Crippen molar-refractivity contribution in [2.24, 2.45) is 5.41 Å². The Morgan fingerprint density at radius 3 is 2.94 bits per heavy atom. The Balaban J connectivity index is 1.79. The summed E-state index contributed by atoms with van der Waals surface area (Å²) >= 11 is 0. The average Bonchev–Trinajstić information content (AvgIpc) is 3.09. The summed E-state index contributed by atoms with van der Waals surface area (Å²) in [5, 5.41) is 0. The molecule has 0 radical (unpaired) electrons. The van der Waals surface area contributed by atoms with Crippen LogP contribution in [0.4, 0.5) is 0 Å². The smallest absolute Gasteiger partial charge is 0.141 e. The normalized spacial score (nSPS) is 25.1. The standard InChI is InChI=1S/C15H18O2/c1-15(7-8-15)14(16)10-13-12-5-3-2-4-11(12)6-9-17-13/h2-5,13H,6-10H2,1H3. The maximum Gasteiger partial charge on any atom is 0.141 e. The average molecular weight is 230 g/mol. The lowest BCUT2D eigenvalue weighted by atomic mass is 9.91. The largest absolute Gasteiger partial charge is 0.373 e. The van der Waals surface area contributed by atoms with Gasteiger partial charge in [0.05, 0.1) is 12.7 Å². The van der Waals surface area contributed by atoms with Crippen molar-refractivity contribution < 1.29 is 9.53 Å². The second-order valence-corrected chi connectivity index (χ2v) is 5.50. The van der Waals surface area contributed by atoms with E-state index < -0.39 is 0 Å². The summed E-state index contributed by atoms with van der Waals surface area (Å²) in [6.45, 7) is 2.82. The Bertz CT molecular complexity index is 446. The Hall–Kier alpha value is -1.15. The van der Waals surface area contributed by atoms with Gasteiger partial charge in [-0.2, -0.15) is 0 Å². The Morgan fingerprint density at radius 2 is 2.18 bits per heavy atom. The van der Waals surface area contributed by atoms with Gasteiger partial charge in [-0.1, -0.05) is 31.2 Å². The molecule has 1 heterocycles. The van der Waals surface area contributed by atoms with Gasteiger partial charge in [-0.05, 0) is 30.4 Å². The summed E-state index contributed by atoms with van der Waals surface area (Å²) < 4.78 is 5.78. The molecule has 0 spiro atoms. The van der Waals surface area contributed by atoms with Crippen LogP contribution in [0.25, 0.3) is 0 Å². The highest BCUT2D eigenvalue weighted by atomic mass is 16.5. The number of benzene rings is 1. The van der Waals surface area contributed by atoms with E-state index in [9.17, 15) is 4.79 Å². The number of ether oxygens (including phenoxy) is 1. The third-order valence-corrected chi connectivity index (χ3v) is 4.14. The van der Waals surface area contributed by atoms with E-state index in [1.165, 1.54) is 11.1 Å². The SMILES string of the molecule is CC1(C(=O)CC2OCCc3ccccc32)CC1. The number of Topliss-reactive ketones (excluding diaryl/α,β-unsaturated/α-hetero) is 1. The number of hydrogen-bond donors (Lipinski definition) is 0. The van der Waals surface area contributed by atoms with E-state index in [-0.39, 0.29) is 11.5 Å². The Morgan fingerprint density at radius 1 is 1.41 bits per heavy atom. The van der Waals surface area contributed by atoms with Crippen LogP contribution in [-0.4, -0.2) is 12.4 Å². The van der Waals surface area contributed by atoms with Gasteiger partial charge in [0.25, 0.3) is 0 Å². The quantitative estimate of drug-likeness (QED) is 0.797. The second-order valence-electron chi connectivity index (χ2n) is 5.50. The first-order chi connectivity index (χ1) is 8.19. The van der Waals surface area contributed by atoms with Crippen molar-refractivity contribution in [2.45, 2.75) is 38.7 Å². The van der Waals surface area contributed by atoms with Crippen LogP contribution in [0, 0.1) is 5.41 Å². The number of hydrogen-bond acceptors (Lipinski definition) is 2. The highest BCUT2D eigenvalue weighted by Gasteiger charge is 2.45. The van der Waals surface area contributed by atoms with Crippen LogP contribution in [0.1, 0.15) is 43.4 Å². The topological polar surface area (TPSA) is 26.3 Å². The number of rotatable bonds is 3. The van der Waals surface area contributed by atoms with Gasteiger partial charge in [-0.25, -0.2) is 0 Å². The van der Waals surface area contributed by atoms with Crippen molar-refractivity contribution in [2.75, 3.05) is 6.61 Å². The predicted octanol–water partition coefficient (Wildman–Crippen LogP) is 3.06. The monoisotopic (exact) mass is 230 g/mol. The molecule has 0 N–H and O–H groups in total. The van der Waals surface area contributed by atoms with Gasteiger partial charge in [-0.15, -0.1) is 0 Å². The molecule has 3 rings (SSSR count). The Kier molecular flexibility index (Phi) is 2.55. The molecule has 0 bridgehead atoms. The summed E-state index contributed by atoms with van der Waals surface area (Å²) in [7, 11) is 0. The summed E-state index contributed by atoms with van der Waals surface area (Å²) in [4.78, 5) is 12.1. The highest BCUT2D eigenvalue weighted by Crippen LogP contribution is 2.48. The molecule has 2 aliphatic rings. The van der Waals surface area contributed by atoms with Gasteiger partial charge in [0, 0.05) is 11.8 Å². The van der Waals surface area contributed by atoms with E-state index in [4.69, 9.17) is 4.74 Å². The van der Waals surface area contributed by atoms with E-state index in [1.807, 2.05) is 6.07 Å². The first kappa shape index (κ1) is 11.0. The molecule has 1 aromatic rings. The molecule has 0 amide bonds. The van der Waals surface area contributed by atoms with Gasteiger partial charge in [-0.3, -0.25) is 4.79 Å². The summed E-state index contributed by atoms with van der Waals surface area (Å²) in [6, 6.07) is 8.34. The van der Waals surface area contributed by atoms with E-state index in [0.717, 1.165) is 25.9 Å². The van der Waals surface area contributed by atoms with Crippen molar-refractivity contribution in [3.63, 3.8) is 0 Å². The van der Waals surface area contributed by atoms with Crippen molar-refractivity contribution in [3.8, 4) is 0 Å². The van der Waals surface area contributed by atoms with Crippen LogP contribution in [0.3, 0.4) is 0 Å². The lowest BCUT2D eigenvalue weighted by Gasteiger charge is -2.26. The minimum absolute atomic E-state index is 0.00938. The number of carbonyl (C=O) groups excluding carboxylic acids is 1.